The Morgan fingerprint density at radius 3 is 2.21 bits per heavy atom. The molecule has 138 valence electrons. The second-order valence-corrected chi connectivity index (χ2v) is 6.09. The molecule has 0 saturated carbocycles. The van der Waals surface area contributed by atoms with E-state index in [0.29, 0.717) is 11.5 Å². The molecule has 0 unspecified atom stereocenters. The molecule has 1 amide bonds. The molecule has 0 atom stereocenters. The molecule has 0 bridgehead atoms. The predicted octanol–water partition coefficient (Wildman–Crippen LogP) is 3.72. The second kappa shape index (κ2) is 8.13. The van der Waals surface area contributed by atoms with Crippen LogP contribution in [0.2, 0.25) is 0 Å². The molecule has 0 fully saturated rings. The van der Waals surface area contributed by atoms with Crippen molar-refractivity contribution in [1.29, 1.82) is 0 Å². The van der Waals surface area contributed by atoms with E-state index in [-0.39, 0.29) is 12.5 Å². The molecular formula is C21H18N6O. The number of nitrogens with zero attached hydrogens (tertiary/aromatic N) is 4. The fourth-order valence-corrected chi connectivity index (χ4v) is 2.71. The van der Waals surface area contributed by atoms with Gasteiger partial charge in [-0.25, -0.2) is 0 Å². The number of carbonyl (C=O) groups is 1. The summed E-state index contributed by atoms with van der Waals surface area (Å²) in [6.45, 7) is -0.0283. The number of hydrogen-bond acceptors (Lipinski definition) is 5. The number of tetrazole rings is 1. The van der Waals surface area contributed by atoms with Crippen LogP contribution < -0.4 is 10.6 Å². The first kappa shape index (κ1) is 17.4. The molecule has 0 aliphatic rings. The molecular weight excluding hydrogens is 352 g/mol. The average Bonchev–Trinajstić information content (AvgIpc) is 3.19. The molecule has 7 heteroatoms. The monoisotopic (exact) mass is 370 g/mol. The van der Waals surface area contributed by atoms with Gasteiger partial charge in [0.2, 0.25) is 11.7 Å². The lowest BCUT2D eigenvalue weighted by Crippen LogP contribution is -2.21. The number of carbonyl (C=O) groups excluding carboxylic acids is 1. The fourth-order valence-electron chi connectivity index (χ4n) is 2.71. The molecule has 1 aromatic heterocycles. The van der Waals surface area contributed by atoms with Crippen LogP contribution in [0.4, 0.5) is 17.1 Å². The summed E-state index contributed by atoms with van der Waals surface area (Å²) in [7, 11) is 0. The SMILES string of the molecule is O=C(Cn1nnc(-c2ccccc2)n1)Nc1ccccc1Nc1ccccc1. The van der Waals surface area contributed by atoms with Crippen molar-refractivity contribution < 1.29 is 4.79 Å². The number of benzene rings is 3. The highest BCUT2D eigenvalue weighted by atomic mass is 16.2. The molecule has 4 rings (SSSR count). The molecule has 1 heterocycles. The molecule has 0 radical (unpaired) electrons. The maximum absolute atomic E-state index is 12.5. The summed E-state index contributed by atoms with van der Waals surface area (Å²) in [5, 5.41) is 18.4. The Morgan fingerprint density at radius 2 is 1.46 bits per heavy atom. The predicted molar refractivity (Wildman–Crippen MR) is 108 cm³/mol. The zero-order chi connectivity index (χ0) is 19.2. The van der Waals surface area contributed by atoms with Gasteiger partial charge in [0.15, 0.2) is 0 Å². The molecule has 0 aliphatic heterocycles. The molecule has 0 aliphatic carbocycles. The van der Waals surface area contributed by atoms with E-state index in [0.717, 1.165) is 16.9 Å². The van der Waals surface area contributed by atoms with E-state index in [2.05, 4.69) is 26.0 Å². The standard InChI is InChI=1S/C21H18N6O/c28-20(15-27-25-21(24-26-27)16-9-3-1-4-10-16)23-19-14-8-7-13-18(19)22-17-11-5-2-6-12-17/h1-14,22H,15H2,(H,23,28). The summed E-state index contributed by atoms with van der Waals surface area (Å²) in [5.41, 5.74) is 3.28. The number of hydrogen-bond donors (Lipinski definition) is 2. The van der Waals surface area contributed by atoms with Gasteiger partial charge in [-0.3, -0.25) is 4.79 Å². The molecule has 0 spiro atoms. The highest BCUT2D eigenvalue weighted by Crippen LogP contribution is 2.25. The van der Waals surface area contributed by atoms with Gasteiger partial charge in [0.05, 0.1) is 11.4 Å². The highest BCUT2D eigenvalue weighted by molar-refractivity contribution is 5.94. The minimum atomic E-state index is -0.237. The zero-order valence-corrected chi connectivity index (χ0v) is 15.0. The van der Waals surface area contributed by atoms with Crippen LogP contribution in [0.15, 0.2) is 84.9 Å². The van der Waals surface area contributed by atoms with Gasteiger partial charge >= 0.3 is 0 Å². The van der Waals surface area contributed by atoms with Crippen LogP contribution in [0, 0.1) is 0 Å². The summed E-state index contributed by atoms with van der Waals surface area (Å²) >= 11 is 0. The Bertz CT molecular complexity index is 1060. The Balaban J connectivity index is 1.44. The van der Waals surface area contributed by atoms with E-state index in [9.17, 15) is 4.79 Å². The van der Waals surface area contributed by atoms with E-state index >= 15 is 0 Å². The van der Waals surface area contributed by atoms with Crippen LogP contribution in [-0.4, -0.2) is 26.1 Å². The molecule has 0 saturated heterocycles. The molecule has 28 heavy (non-hydrogen) atoms. The quantitative estimate of drug-likeness (QED) is 0.540. The third-order valence-electron chi connectivity index (χ3n) is 4.02. The van der Waals surface area contributed by atoms with Gasteiger partial charge in [-0.1, -0.05) is 60.7 Å². The lowest BCUT2D eigenvalue weighted by atomic mass is 10.2. The van der Waals surface area contributed by atoms with Gasteiger partial charge < -0.3 is 10.6 Å². The van der Waals surface area contributed by atoms with Crippen LogP contribution in [0.1, 0.15) is 0 Å². The van der Waals surface area contributed by atoms with E-state index in [1.54, 1.807) is 0 Å². The summed E-state index contributed by atoms with van der Waals surface area (Å²) in [5.74, 6) is 0.249. The fraction of sp³-hybridized carbons (Fsp3) is 0.0476. The molecule has 3 aromatic carbocycles. The van der Waals surface area contributed by atoms with Crippen molar-refractivity contribution in [2.45, 2.75) is 6.54 Å². The number of anilines is 3. The van der Waals surface area contributed by atoms with Gasteiger partial charge in [0, 0.05) is 11.3 Å². The van der Waals surface area contributed by atoms with Crippen LogP contribution in [0.25, 0.3) is 11.4 Å². The van der Waals surface area contributed by atoms with Crippen molar-refractivity contribution in [3.8, 4) is 11.4 Å². The zero-order valence-electron chi connectivity index (χ0n) is 15.0. The first-order valence-corrected chi connectivity index (χ1v) is 8.82. The maximum Gasteiger partial charge on any atom is 0.248 e. The summed E-state index contributed by atoms with van der Waals surface area (Å²) < 4.78 is 0. The Labute approximate surface area is 162 Å². The normalized spacial score (nSPS) is 10.4. The Hall–Kier alpha value is -4.00. The van der Waals surface area contributed by atoms with Gasteiger partial charge in [0.1, 0.15) is 6.54 Å². The number of amides is 1. The minimum Gasteiger partial charge on any atom is -0.354 e. The largest absolute Gasteiger partial charge is 0.354 e. The van der Waals surface area contributed by atoms with Crippen LogP contribution in [0.3, 0.4) is 0 Å². The summed E-state index contributed by atoms with van der Waals surface area (Å²) in [6.07, 6.45) is 0. The van der Waals surface area contributed by atoms with E-state index in [4.69, 9.17) is 0 Å². The number of rotatable bonds is 6. The third-order valence-corrected chi connectivity index (χ3v) is 4.02. The lowest BCUT2D eigenvalue weighted by Gasteiger charge is -2.12. The molecule has 7 nitrogen and oxygen atoms in total. The first-order valence-electron chi connectivity index (χ1n) is 8.82. The van der Waals surface area contributed by atoms with Gasteiger partial charge in [0.25, 0.3) is 0 Å². The summed E-state index contributed by atoms with van der Waals surface area (Å²) in [4.78, 5) is 13.7. The maximum atomic E-state index is 12.5. The van der Waals surface area contributed by atoms with Crippen molar-refractivity contribution in [2.24, 2.45) is 0 Å². The van der Waals surface area contributed by atoms with E-state index < -0.39 is 0 Å². The van der Waals surface area contributed by atoms with Crippen LogP contribution in [-0.2, 0) is 11.3 Å². The summed E-state index contributed by atoms with van der Waals surface area (Å²) in [6, 6.07) is 26.8. The third kappa shape index (κ3) is 4.21. The number of nitrogens with one attached hydrogen (secondary N) is 2. The van der Waals surface area contributed by atoms with Gasteiger partial charge in [-0.15, -0.1) is 10.2 Å². The van der Waals surface area contributed by atoms with Crippen LogP contribution >= 0.6 is 0 Å². The van der Waals surface area contributed by atoms with Crippen molar-refractivity contribution in [3.05, 3.63) is 84.9 Å². The van der Waals surface area contributed by atoms with Gasteiger partial charge in [-0.05, 0) is 29.5 Å². The molecule has 2 N–H and O–H groups in total. The van der Waals surface area contributed by atoms with Gasteiger partial charge in [-0.2, -0.15) is 4.80 Å². The smallest absolute Gasteiger partial charge is 0.248 e. The van der Waals surface area contributed by atoms with Crippen molar-refractivity contribution in [2.75, 3.05) is 10.6 Å². The highest BCUT2D eigenvalue weighted by Gasteiger charge is 2.11. The topological polar surface area (TPSA) is 84.7 Å². The van der Waals surface area contributed by atoms with E-state index in [1.165, 1.54) is 4.80 Å². The second-order valence-electron chi connectivity index (χ2n) is 6.09. The van der Waals surface area contributed by atoms with Crippen molar-refractivity contribution in [3.63, 3.8) is 0 Å². The van der Waals surface area contributed by atoms with Crippen molar-refractivity contribution >= 4 is 23.0 Å². The lowest BCUT2D eigenvalue weighted by molar-refractivity contribution is -0.117. The Kier molecular flexibility index (Phi) is 5.06. The first-order chi connectivity index (χ1) is 13.8. The molecule has 4 aromatic rings. The van der Waals surface area contributed by atoms with Crippen LogP contribution in [0.5, 0.6) is 0 Å². The minimum absolute atomic E-state index is 0.0283. The number of para-hydroxylation sites is 3. The van der Waals surface area contributed by atoms with E-state index in [1.807, 2.05) is 84.9 Å². The number of aromatic nitrogens is 4. The average molecular weight is 370 g/mol. The Morgan fingerprint density at radius 1 is 0.821 bits per heavy atom. The van der Waals surface area contributed by atoms with Crippen molar-refractivity contribution in [1.82, 2.24) is 20.2 Å².